The van der Waals surface area contributed by atoms with Gasteiger partial charge in [-0.1, -0.05) is 0 Å². The molecule has 0 saturated heterocycles. The fraction of sp³-hybridized carbons (Fsp3) is 0. The first-order chi connectivity index (χ1) is 7.56. The molecule has 4 radical (unpaired) electrons. The second kappa shape index (κ2) is 4.41. The van der Waals surface area contributed by atoms with Crippen LogP contribution in [0.3, 0.4) is 0 Å². The van der Waals surface area contributed by atoms with Gasteiger partial charge in [0.2, 0.25) is 32.6 Å². The van der Waals surface area contributed by atoms with Gasteiger partial charge in [0.1, 0.15) is 11.5 Å². The average Bonchev–Trinajstić information content (AvgIpc) is 2.15. The zero-order valence-electron chi connectivity index (χ0n) is 8.12. The van der Waals surface area contributed by atoms with E-state index in [9.17, 15) is 10.2 Å². The molecule has 0 aliphatic rings. The SMILES string of the molecule is Oc1ccc(-c2n[c]([Al])n[c]([Al])n2)c(O)c1. The first-order valence-electron chi connectivity index (χ1n) is 4.35. The largest absolute Gasteiger partial charge is 0.508 e. The molecule has 1 aromatic carbocycles. The Balaban J connectivity index is 2.58. The van der Waals surface area contributed by atoms with Crippen LogP contribution in [0.4, 0.5) is 0 Å². The summed E-state index contributed by atoms with van der Waals surface area (Å²) in [6.07, 6.45) is 0. The summed E-state index contributed by atoms with van der Waals surface area (Å²) in [4.78, 5) is 12.1. The van der Waals surface area contributed by atoms with Crippen molar-refractivity contribution in [3.63, 3.8) is 0 Å². The van der Waals surface area contributed by atoms with E-state index in [1.165, 1.54) is 12.1 Å². The minimum absolute atomic E-state index is 0.00694. The van der Waals surface area contributed by atoms with Crippen molar-refractivity contribution in [1.82, 2.24) is 15.0 Å². The molecule has 2 N–H and O–H groups in total. The van der Waals surface area contributed by atoms with Crippen molar-refractivity contribution >= 4 is 42.0 Å². The van der Waals surface area contributed by atoms with Crippen molar-refractivity contribution in [1.29, 1.82) is 0 Å². The molecule has 0 spiro atoms. The van der Waals surface area contributed by atoms with Crippen molar-refractivity contribution in [2.45, 2.75) is 0 Å². The number of hydrogen-bond acceptors (Lipinski definition) is 5. The zero-order chi connectivity index (χ0) is 11.7. The molecule has 0 aliphatic heterocycles. The van der Waals surface area contributed by atoms with Crippen molar-refractivity contribution in [3.05, 3.63) is 18.2 Å². The number of phenolic OH excluding ortho intramolecular Hbond substituents is 2. The second-order valence-corrected chi connectivity index (χ2v) is 4.11. The highest BCUT2D eigenvalue weighted by Crippen LogP contribution is 2.28. The Morgan fingerprint density at radius 3 is 2.12 bits per heavy atom. The standard InChI is InChI=1S/C9H5N3O2.2Al/c13-6-1-2-7(8(14)3-6)9-11-4-10-5-12-9;;/h1-3,13-14H;;. The average molecular weight is 241 g/mol. The van der Waals surface area contributed by atoms with E-state index in [1.54, 1.807) is 6.07 Å². The van der Waals surface area contributed by atoms with Crippen molar-refractivity contribution in [2.24, 2.45) is 0 Å². The molecule has 0 amide bonds. The van der Waals surface area contributed by atoms with Gasteiger partial charge in [0.15, 0.2) is 5.82 Å². The van der Waals surface area contributed by atoms with E-state index in [2.05, 4.69) is 47.5 Å². The lowest BCUT2D eigenvalue weighted by Crippen LogP contribution is -2.27. The lowest BCUT2D eigenvalue weighted by molar-refractivity contribution is 0.451. The number of aromatic nitrogens is 3. The quantitative estimate of drug-likeness (QED) is 0.596. The van der Waals surface area contributed by atoms with E-state index in [0.29, 0.717) is 20.8 Å². The minimum Gasteiger partial charge on any atom is -0.508 e. The fourth-order valence-electron chi connectivity index (χ4n) is 1.24. The first-order valence-corrected chi connectivity index (χ1v) is 5.51. The third-order valence-corrected chi connectivity index (χ3v) is 2.41. The Hall–Kier alpha value is -1.11. The number of benzene rings is 1. The number of aromatic hydroxyl groups is 2. The van der Waals surface area contributed by atoms with E-state index in [-0.39, 0.29) is 11.5 Å². The molecule has 0 atom stereocenters. The van der Waals surface area contributed by atoms with Crippen LogP contribution < -0.4 is 9.37 Å². The van der Waals surface area contributed by atoms with E-state index in [4.69, 9.17) is 0 Å². The van der Waals surface area contributed by atoms with Gasteiger partial charge in [0.25, 0.3) is 0 Å². The van der Waals surface area contributed by atoms with Crippen molar-refractivity contribution in [3.8, 4) is 22.9 Å². The van der Waals surface area contributed by atoms with Gasteiger partial charge in [-0.05, 0) is 12.1 Å². The van der Waals surface area contributed by atoms with Crippen LogP contribution in [0.15, 0.2) is 18.2 Å². The fourth-order valence-corrected chi connectivity index (χ4v) is 1.90. The highest BCUT2D eigenvalue weighted by Gasteiger charge is 2.08. The zero-order valence-corrected chi connectivity index (χ0v) is 10.4. The van der Waals surface area contributed by atoms with E-state index < -0.39 is 0 Å². The molecule has 7 heteroatoms. The third kappa shape index (κ3) is 2.34. The van der Waals surface area contributed by atoms with E-state index in [0.717, 1.165) is 0 Å². The van der Waals surface area contributed by atoms with Gasteiger partial charge in [-0.15, -0.1) is 0 Å². The maximum absolute atomic E-state index is 9.65. The second-order valence-electron chi connectivity index (χ2n) is 3.08. The van der Waals surface area contributed by atoms with Crippen LogP contribution in [-0.4, -0.2) is 57.7 Å². The molecule has 5 nitrogen and oxygen atoms in total. The molecule has 1 aromatic heterocycles. The van der Waals surface area contributed by atoms with Crippen LogP contribution in [-0.2, 0) is 0 Å². The summed E-state index contributed by atoms with van der Waals surface area (Å²) in [5.41, 5.74) is 0.451. The molecular weight excluding hydrogens is 236 g/mol. The van der Waals surface area contributed by atoms with Crippen LogP contribution in [0.1, 0.15) is 0 Å². The van der Waals surface area contributed by atoms with Crippen molar-refractivity contribution in [2.75, 3.05) is 0 Å². The Morgan fingerprint density at radius 2 is 1.56 bits per heavy atom. The number of phenols is 2. The third-order valence-electron chi connectivity index (χ3n) is 1.89. The van der Waals surface area contributed by atoms with Crippen LogP contribution in [0, 0.1) is 0 Å². The van der Waals surface area contributed by atoms with Crippen LogP contribution in [0.2, 0.25) is 0 Å². The Kier molecular flexibility index (Phi) is 3.14. The van der Waals surface area contributed by atoms with Crippen LogP contribution >= 0.6 is 0 Å². The molecule has 0 saturated carbocycles. The highest BCUT2D eigenvalue weighted by atomic mass is 27.1. The van der Waals surface area contributed by atoms with Gasteiger partial charge in [-0.3, -0.25) is 4.98 Å². The molecule has 0 fully saturated rings. The van der Waals surface area contributed by atoms with Gasteiger partial charge in [0, 0.05) is 15.4 Å². The smallest absolute Gasteiger partial charge is 0.244 e. The molecule has 74 valence electrons. The minimum atomic E-state index is -0.0694. The molecular formula is C9H5Al2N3O2. The first kappa shape index (κ1) is 11.4. The maximum Gasteiger partial charge on any atom is 0.244 e. The Morgan fingerprint density at radius 1 is 0.938 bits per heavy atom. The summed E-state index contributed by atoms with van der Waals surface area (Å²) < 4.78 is 0.977. The molecule has 1 heterocycles. The monoisotopic (exact) mass is 241 g/mol. The summed E-state index contributed by atoms with van der Waals surface area (Å²) in [5, 5.41) is 18.8. The molecule has 2 aromatic rings. The lowest BCUT2D eigenvalue weighted by Gasteiger charge is -2.06. The van der Waals surface area contributed by atoms with Gasteiger partial charge < -0.3 is 10.2 Å². The topological polar surface area (TPSA) is 79.1 Å². The molecule has 0 aliphatic carbocycles. The van der Waals surface area contributed by atoms with Gasteiger partial charge in [0.05, 0.1) is 5.56 Å². The molecule has 0 unspecified atom stereocenters. The summed E-state index contributed by atoms with van der Waals surface area (Å²) in [6, 6.07) is 4.25. The number of rotatable bonds is 1. The van der Waals surface area contributed by atoms with Crippen LogP contribution in [0.5, 0.6) is 11.5 Å². The van der Waals surface area contributed by atoms with Gasteiger partial charge in [-0.2, -0.15) is 0 Å². The normalized spacial score (nSPS) is 10.2. The maximum atomic E-state index is 9.65. The number of nitrogens with zero attached hydrogens (tertiary/aromatic N) is 3. The highest BCUT2D eigenvalue weighted by molar-refractivity contribution is 6.33. The van der Waals surface area contributed by atoms with Gasteiger partial charge in [-0.25, -0.2) is 9.97 Å². The summed E-state index contributed by atoms with van der Waals surface area (Å²) >= 11 is 4.73. The summed E-state index contributed by atoms with van der Waals surface area (Å²) in [5.74, 6) is 0.287. The molecule has 0 bridgehead atoms. The van der Waals surface area contributed by atoms with Gasteiger partial charge >= 0.3 is 0 Å². The van der Waals surface area contributed by atoms with E-state index >= 15 is 0 Å². The summed E-state index contributed by atoms with van der Waals surface area (Å²) in [6.45, 7) is 0. The molecule has 16 heavy (non-hydrogen) atoms. The predicted molar refractivity (Wildman–Crippen MR) is 59.4 cm³/mol. The number of hydrogen-bond donors (Lipinski definition) is 2. The summed E-state index contributed by atoms with van der Waals surface area (Å²) in [7, 11) is 0. The predicted octanol–water partition coefficient (Wildman–Crippen LogP) is -1.46. The van der Waals surface area contributed by atoms with Crippen LogP contribution in [0.25, 0.3) is 11.4 Å². The Bertz CT molecular complexity index is 528. The van der Waals surface area contributed by atoms with E-state index in [1.807, 2.05) is 0 Å². The Labute approximate surface area is 108 Å². The van der Waals surface area contributed by atoms with Crippen molar-refractivity contribution < 1.29 is 10.2 Å². The lowest BCUT2D eigenvalue weighted by atomic mass is 10.2. The molecule has 2 rings (SSSR count).